The number of aryl methyl sites for hydroxylation is 1. The second-order valence-corrected chi connectivity index (χ2v) is 6.78. The first kappa shape index (κ1) is 15.2. The van der Waals surface area contributed by atoms with Gasteiger partial charge in [-0.2, -0.15) is 0 Å². The van der Waals surface area contributed by atoms with Gasteiger partial charge in [-0.25, -0.2) is 0 Å². The average molecular weight is 294 g/mol. The highest BCUT2D eigenvalue weighted by Crippen LogP contribution is 2.19. The van der Waals surface area contributed by atoms with Crippen LogP contribution in [0.15, 0.2) is 12.1 Å². The van der Waals surface area contributed by atoms with Crippen molar-refractivity contribution in [3.63, 3.8) is 0 Å². The topological polar surface area (TPSA) is 49.4 Å². The molecule has 0 atom stereocenters. The van der Waals surface area contributed by atoms with E-state index in [0.717, 1.165) is 37.4 Å². The molecule has 0 aliphatic carbocycles. The molecular weight excluding hydrogens is 272 g/mol. The molecule has 2 heterocycles. The van der Waals surface area contributed by atoms with Gasteiger partial charge in [0.05, 0.1) is 11.4 Å². The lowest BCUT2D eigenvalue weighted by atomic mass is 9.96. The number of hydrogen-bond donors (Lipinski definition) is 1. The Labute approximate surface area is 124 Å². The lowest BCUT2D eigenvalue weighted by Gasteiger charge is -2.31. The van der Waals surface area contributed by atoms with Crippen LogP contribution < -0.4 is 5.32 Å². The van der Waals surface area contributed by atoms with Crippen molar-refractivity contribution >= 4 is 23.0 Å². The van der Waals surface area contributed by atoms with Crippen molar-refractivity contribution in [1.29, 1.82) is 0 Å². The Hall–Kier alpha value is -1.20. The van der Waals surface area contributed by atoms with Gasteiger partial charge in [0.1, 0.15) is 0 Å². The molecule has 1 fully saturated rings. The molecule has 1 saturated heterocycles. The highest BCUT2D eigenvalue weighted by Gasteiger charge is 2.21. The predicted molar refractivity (Wildman–Crippen MR) is 81.2 cm³/mol. The number of likely N-dealkylation sites (tertiary alicyclic amines) is 1. The molecule has 1 N–H and O–H groups in total. The number of nitrogens with one attached hydrogen (secondary N) is 1. The lowest BCUT2D eigenvalue weighted by Crippen LogP contribution is -2.40. The molecule has 2 rings (SSSR count). The summed E-state index contributed by atoms with van der Waals surface area (Å²) in [5.74, 6) is 0.813. The third-order valence-electron chi connectivity index (χ3n) is 3.73. The summed E-state index contributed by atoms with van der Waals surface area (Å²) in [5, 5.41) is 2.88. The van der Waals surface area contributed by atoms with Crippen LogP contribution in [0.4, 0.5) is 0 Å². The van der Waals surface area contributed by atoms with Crippen LogP contribution >= 0.6 is 11.3 Å². The zero-order valence-corrected chi connectivity index (χ0v) is 13.0. The molecule has 0 radical (unpaired) electrons. The minimum atomic E-state index is 0.0377. The summed E-state index contributed by atoms with van der Waals surface area (Å²) >= 11 is 1.57. The van der Waals surface area contributed by atoms with E-state index in [1.54, 1.807) is 18.3 Å². The van der Waals surface area contributed by atoms with E-state index in [-0.39, 0.29) is 11.7 Å². The molecule has 5 heteroatoms. The molecule has 1 aromatic rings. The molecule has 110 valence electrons. The van der Waals surface area contributed by atoms with Crippen LogP contribution in [0.5, 0.6) is 0 Å². The molecule has 1 aromatic heterocycles. The molecule has 1 amide bonds. The molecular formula is C15H22N2O2S. The van der Waals surface area contributed by atoms with Crippen molar-refractivity contribution in [2.24, 2.45) is 5.92 Å². The van der Waals surface area contributed by atoms with Gasteiger partial charge >= 0.3 is 0 Å². The highest BCUT2D eigenvalue weighted by molar-refractivity contribution is 7.14. The van der Waals surface area contributed by atoms with E-state index in [1.165, 1.54) is 4.88 Å². The Kier molecular flexibility index (Phi) is 5.31. The maximum Gasteiger partial charge on any atom is 0.216 e. The van der Waals surface area contributed by atoms with Crippen LogP contribution in [0.1, 0.15) is 34.3 Å². The molecule has 0 aromatic carbocycles. The van der Waals surface area contributed by atoms with Crippen LogP contribution in [0, 0.1) is 12.8 Å². The van der Waals surface area contributed by atoms with Crippen molar-refractivity contribution < 1.29 is 9.59 Å². The molecule has 4 nitrogen and oxygen atoms in total. The number of Topliss-reactive ketones (excluding diaryl/α,β-unsaturated/α-hetero) is 1. The number of ketones is 1. The van der Waals surface area contributed by atoms with E-state index < -0.39 is 0 Å². The molecule has 0 bridgehead atoms. The van der Waals surface area contributed by atoms with Crippen LogP contribution in [0.25, 0.3) is 0 Å². The molecule has 0 unspecified atom stereocenters. The summed E-state index contributed by atoms with van der Waals surface area (Å²) in [6.45, 7) is 6.75. The Balaban J connectivity index is 1.74. The smallest absolute Gasteiger partial charge is 0.216 e. The number of rotatable bonds is 5. The number of nitrogens with zero attached hydrogens (tertiary/aromatic N) is 1. The van der Waals surface area contributed by atoms with Crippen molar-refractivity contribution in [3.8, 4) is 0 Å². The van der Waals surface area contributed by atoms with Gasteiger partial charge in [0.25, 0.3) is 0 Å². The SMILES string of the molecule is CC(=O)NCC1CCN(CC(=O)c2ccc(C)s2)CC1. The first-order valence-corrected chi connectivity index (χ1v) is 7.92. The van der Waals surface area contributed by atoms with Gasteiger partial charge in [-0.3, -0.25) is 14.5 Å². The van der Waals surface area contributed by atoms with Gasteiger partial charge in [0, 0.05) is 18.3 Å². The van der Waals surface area contributed by atoms with Gasteiger partial charge in [-0.15, -0.1) is 11.3 Å². The maximum absolute atomic E-state index is 12.1. The number of carbonyl (C=O) groups is 2. The maximum atomic E-state index is 12.1. The van der Waals surface area contributed by atoms with Gasteiger partial charge in [0.2, 0.25) is 5.91 Å². The quantitative estimate of drug-likeness (QED) is 0.846. The standard InChI is InChI=1S/C15H22N2O2S/c1-11-3-4-15(20-11)14(19)10-17-7-5-13(6-8-17)9-16-12(2)18/h3-4,13H,5-10H2,1-2H3,(H,16,18). The summed E-state index contributed by atoms with van der Waals surface area (Å²) < 4.78 is 0. The number of piperidine rings is 1. The van der Waals surface area contributed by atoms with Gasteiger partial charge in [0.15, 0.2) is 5.78 Å². The summed E-state index contributed by atoms with van der Waals surface area (Å²) in [6.07, 6.45) is 2.11. The molecule has 1 aliphatic rings. The number of thiophene rings is 1. The van der Waals surface area contributed by atoms with E-state index >= 15 is 0 Å². The van der Waals surface area contributed by atoms with Gasteiger partial charge < -0.3 is 5.32 Å². The summed E-state index contributed by atoms with van der Waals surface area (Å²) in [6, 6.07) is 3.92. The Morgan fingerprint density at radius 1 is 1.35 bits per heavy atom. The second kappa shape index (κ2) is 6.99. The lowest BCUT2D eigenvalue weighted by molar-refractivity contribution is -0.119. The van der Waals surface area contributed by atoms with E-state index in [1.807, 2.05) is 19.1 Å². The fourth-order valence-corrected chi connectivity index (χ4v) is 3.30. The van der Waals surface area contributed by atoms with E-state index in [4.69, 9.17) is 0 Å². The first-order valence-electron chi connectivity index (χ1n) is 7.11. The van der Waals surface area contributed by atoms with Gasteiger partial charge in [-0.1, -0.05) is 0 Å². The third-order valence-corrected chi connectivity index (χ3v) is 4.77. The molecule has 1 aliphatic heterocycles. The molecule has 0 spiro atoms. The summed E-state index contributed by atoms with van der Waals surface area (Å²) in [4.78, 5) is 27.3. The van der Waals surface area contributed by atoms with Crippen molar-refractivity contribution in [1.82, 2.24) is 10.2 Å². The van der Waals surface area contributed by atoms with E-state index in [9.17, 15) is 9.59 Å². The van der Waals surface area contributed by atoms with Crippen LogP contribution in [0.2, 0.25) is 0 Å². The summed E-state index contributed by atoms with van der Waals surface area (Å²) in [7, 11) is 0. The van der Waals surface area contributed by atoms with Crippen molar-refractivity contribution in [2.45, 2.75) is 26.7 Å². The minimum Gasteiger partial charge on any atom is -0.356 e. The number of amides is 1. The van der Waals surface area contributed by atoms with Crippen LogP contribution in [-0.2, 0) is 4.79 Å². The molecule has 20 heavy (non-hydrogen) atoms. The van der Waals surface area contributed by atoms with Crippen molar-refractivity contribution in [3.05, 3.63) is 21.9 Å². The Morgan fingerprint density at radius 2 is 2.05 bits per heavy atom. The monoisotopic (exact) mass is 294 g/mol. The zero-order valence-electron chi connectivity index (χ0n) is 12.1. The Morgan fingerprint density at radius 3 is 2.60 bits per heavy atom. The number of hydrogen-bond acceptors (Lipinski definition) is 4. The second-order valence-electron chi connectivity index (χ2n) is 5.49. The third kappa shape index (κ3) is 4.42. The first-order chi connectivity index (χ1) is 9.54. The van der Waals surface area contributed by atoms with E-state index in [0.29, 0.717) is 12.5 Å². The largest absolute Gasteiger partial charge is 0.356 e. The summed E-state index contributed by atoms with van der Waals surface area (Å²) in [5.41, 5.74) is 0. The van der Waals surface area contributed by atoms with Crippen molar-refractivity contribution in [2.75, 3.05) is 26.2 Å². The van der Waals surface area contributed by atoms with Gasteiger partial charge in [-0.05, 0) is 50.9 Å². The predicted octanol–water partition coefficient (Wildman–Crippen LogP) is 2.09. The van der Waals surface area contributed by atoms with Crippen LogP contribution in [-0.4, -0.2) is 42.8 Å². The highest BCUT2D eigenvalue weighted by atomic mass is 32.1. The normalized spacial score (nSPS) is 17.1. The zero-order chi connectivity index (χ0) is 14.5. The van der Waals surface area contributed by atoms with E-state index in [2.05, 4.69) is 10.2 Å². The fourth-order valence-electron chi connectivity index (χ4n) is 2.50. The van der Waals surface area contributed by atoms with Crippen LogP contribution in [0.3, 0.4) is 0 Å². The average Bonchev–Trinajstić information content (AvgIpc) is 2.85. The minimum absolute atomic E-state index is 0.0377. The molecule has 0 saturated carbocycles. The fraction of sp³-hybridized carbons (Fsp3) is 0.600. The Bertz CT molecular complexity index is 476. The number of carbonyl (C=O) groups excluding carboxylic acids is 2.